The number of fused-ring (bicyclic) bond motifs is 1. The lowest BCUT2D eigenvalue weighted by molar-refractivity contribution is -0.121. The van der Waals surface area contributed by atoms with Gasteiger partial charge in [-0.3, -0.25) is 14.1 Å². The third-order valence-corrected chi connectivity index (χ3v) is 5.60. The van der Waals surface area contributed by atoms with Crippen LogP contribution in [-0.4, -0.2) is 44.5 Å². The molecular weight excluding hydrogens is 357 g/mol. The second-order valence-electron chi connectivity index (χ2n) is 7.43. The Labute approximate surface area is 163 Å². The second-order valence-corrected chi connectivity index (χ2v) is 7.43. The van der Waals surface area contributed by atoms with Gasteiger partial charge >= 0.3 is 0 Å². The zero-order chi connectivity index (χ0) is 19.7. The van der Waals surface area contributed by atoms with Crippen LogP contribution in [0.25, 0.3) is 5.65 Å². The van der Waals surface area contributed by atoms with E-state index in [1.807, 2.05) is 35.7 Å². The standard InChI is InChI=1S/C21H24FN5O/c1-14-6-7-17(13-18(14)22)23-21(28)15(2)26-11-8-16(9-12-26)20-25-24-19-5-3-4-10-27(19)20/h3-7,10,13,15-16H,8-9,11-12H2,1-2H3,(H,23,28)/t15-/m1/s1. The van der Waals surface area contributed by atoms with Crippen LogP contribution in [0.3, 0.4) is 0 Å². The molecule has 1 N–H and O–H groups in total. The average molecular weight is 381 g/mol. The number of carbonyl (C=O) groups is 1. The van der Waals surface area contributed by atoms with Crippen LogP contribution in [0.15, 0.2) is 42.6 Å². The van der Waals surface area contributed by atoms with Crippen LogP contribution in [-0.2, 0) is 4.79 Å². The van der Waals surface area contributed by atoms with Gasteiger partial charge in [0.25, 0.3) is 0 Å². The molecule has 2 aromatic heterocycles. The molecule has 1 amide bonds. The lowest BCUT2D eigenvalue weighted by Crippen LogP contribution is -2.45. The maximum Gasteiger partial charge on any atom is 0.241 e. The molecule has 3 aromatic rings. The van der Waals surface area contributed by atoms with Crippen molar-refractivity contribution < 1.29 is 9.18 Å². The largest absolute Gasteiger partial charge is 0.325 e. The van der Waals surface area contributed by atoms with Crippen molar-refractivity contribution in [2.75, 3.05) is 18.4 Å². The summed E-state index contributed by atoms with van der Waals surface area (Å²) in [6.45, 7) is 5.21. The quantitative estimate of drug-likeness (QED) is 0.753. The number of pyridine rings is 1. The summed E-state index contributed by atoms with van der Waals surface area (Å²) >= 11 is 0. The van der Waals surface area contributed by atoms with Gasteiger partial charge in [-0.05, 0) is 69.6 Å². The number of rotatable bonds is 4. The molecule has 1 fully saturated rings. The lowest BCUT2D eigenvalue weighted by atomic mass is 9.95. The summed E-state index contributed by atoms with van der Waals surface area (Å²) < 4.78 is 15.7. The number of halogens is 1. The van der Waals surface area contributed by atoms with Gasteiger partial charge in [0.05, 0.1) is 6.04 Å². The predicted octanol–water partition coefficient (Wildman–Crippen LogP) is 3.38. The van der Waals surface area contributed by atoms with Gasteiger partial charge in [-0.2, -0.15) is 0 Å². The molecule has 1 saturated heterocycles. The van der Waals surface area contributed by atoms with Crippen molar-refractivity contribution in [1.82, 2.24) is 19.5 Å². The van der Waals surface area contributed by atoms with Gasteiger partial charge in [0, 0.05) is 17.8 Å². The number of hydrogen-bond donors (Lipinski definition) is 1. The first-order valence-corrected chi connectivity index (χ1v) is 9.63. The Balaban J connectivity index is 1.37. The Hall–Kier alpha value is -2.80. The van der Waals surface area contributed by atoms with E-state index in [-0.39, 0.29) is 17.8 Å². The van der Waals surface area contributed by atoms with Gasteiger partial charge in [0.2, 0.25) is 5.91 Å². The molecule has 0 radical (unpaired) electrons. The van der Waals surface area contributed by atoms with Gasteiger partial charge in [0.15, 0.2) is 5.65 Å². The molecule has 0 saturated carbocycles. The summed E-state index contributed by atoms with van der Waals surface area (Å²) in [5.74, 6) is 0.888. The minimum Gasteiger partial charge on any atom is -0.325 e. The third kappa shape index (κ3) is 3.62. The zero-order valence-corrected chi connectivity index (χ0v) is 16.1. The second kappa shape index (κ2) is 7.67. The van der Waals surface area contributed by atoms with Gasteiger partial charge in [-0.15, -0.1) is 10.2 Å². The Morgan fingerprint density at radius 1 is 1.21 bits per heavy atom. The molecule has 3 heterocycles. The molecule has 7 heteroatoms. The first-order chi connectivity index (χ1) is 13.5. The number of piperidine rings is 1. The smallest absolute Gasteiger partial charge is 0.241 e. The van der Waals surface area contributed by atoms with Crippen molar-refractivity contribution in [2.45, 2.75) is 38.6 Å². The summed E-state index contributed by atoms with van der Waals surface area (Å²) in [6.07, 6.45) is 3.84. The zero-order valence-electron chi connectivity index (χ0n) is 16.1. The van der Waals surface area contributed by atoms with Crippen LogP contribution in [0.4, 0.5) is 10.1 Å². The van der Waals surface area contributed by atoms with Crippen LogP contribution >= 0.6 is 0 Å². The van der Waals surface area contributed by atoms with Crippen LogP contribution in [0.2, 0.25) is 0 Å². The SMILES string of the molecule is Cc1ccc(NC(=O)[C@@H](C)N2CCC(c3nnc4ccccn34)CC2)cc1F. The van der Waals surface area contributed by atoms with Crippen molar-refractivity contribution in [2.24, 2.45) is 0 Å². The van der Waals surface area contributed by atoms with Crippen molar-refractivity contribution in [3.8, 4) is 0 Å². The molecule has 6 nitrogen and oxygen atoms in total. The van der Waals surface area contributed by atoms with E-state index in [1.165, 1.54) is 6.07 Å². The Morgan fingerprint density at radius 2 is 2.00 bits per heavy atom. The summed E-state index contributed by atoms with van der Waals surface area (Å²) in [6, 6.07) is 10.4. The molecule has 1 aliphatic heterocycles. The van der Waals surface area contributed by atoms with Crippen molar-refractivity contribution in [1.29, 1.82) is 0 Å². The maximum atomic E-state index is 13.7. The number of nitrogens with zero attached hydrogens (tertiary/aromatic N) is 4. The van der Waals surface area contributed by atoms with E-state index < -0.39 is 0 Å². The third-order valence-electron chi connectivity index (χ3n) is 5.60. The van der Waals surface area contributed by atoms with E-state index in [4.69, 9.17) is 0 Å². The number of aryl methyl sites for hydroxylation is 1. The molecule has 28 heavy (non-hydrogen) atoms. The van der Waals surface area contributed by atoms with Crippen molar-refractivity contribution in [3.63, 3.8) is 0 Å². The summed E-state index contributed by atoms with van der Waals surface area (Å²) in [5.41, 5.74) is 1.91. The van der Waals surface area contributed by atoms with Gasteiger partial charge < -0.3 is 5.32 Å². The van der Waals surface area contributed by atoms with E-state index in [0.717, 1.165) is 37.4 Å². The van der Waals surface area contributed by atoms with Crippen molar-refractivity contribution >= 4 is 17.2 Å². The maximum absolute atomic E-state index is 13.7. The summed E-state index contributed by atoms with van der Waals surface area (Å²) in [4.78, 5) is 14.8. The van der Waals surface area contributed by atoms with Gasteiger partial charge in [0.1, 0.15) is 11.6 Å². The summed E-state index contributed by atoms with van der Waals surface area (Å²) in [5, 5.41) is 11.4. The first-order valence-electron chi connectivity index (χ1n) is 9.63. The number of amides is 1. The predicted molar refractivity (Wildman–Crippen MR) is 106 cm³/mol. The normalized spacial score (nSPS) is 17.0. The molecule has 146 valence electrons. The number of hydrogen-bond acceptors (Lipinski definition) is 4. The number of benzene rings is 1. The molecule has 1 aliphatic rings. The lowest BCUT2D eigenvalue weighted by Gasteiger charge is -2.34. The van der Waals surface area contributed by atoms with E-state index >= 15 is 0 Å². The van der Waals surface area contributed by atoms with Crippen LogP contribution in [0.1, 0.15) is 37.1 Å². The number of likely N-dealkylation sites (tertiary alicyclic amines) is 1. The van der Waals surface area contributed by atoms with E-state index in [1.54, 1.807) is 19.1 Å². The van der Waals surface area contributed by atoms with E-state index in [0.29, 0.717) is 17.2 Å². The molecule has 0 bridgehead atoms. The topological polar surface area (TPSA) is 62.5 Å². The molecular formula is C21H24FN5O. The minimum absolute atomic E-state index is 0.116. The Kier molecular flexibility index (Phi) is 5.09. The van der Waals surface area contributed by atoms with Gasteiger partial charge in [-0.25, -0.2) is 4.39 Å². The number of carbonyl (C=O) groups excluding carboxylic acids is 1. The fourth-order valence-electron chi connectivity index (χ4n) is 3.77. The molecule has 0 unspecified atom stereocenters. The van der Waals surface area contributed by atoms with Crippen LogP contribution in [0.5, 0.6) is 0 Å². The monoisotopic (exact) mass is 381 g/mol. The number of anilines is 1. The highest BCUT2D eigenvalue weighted by Crippen LogP contribution is 2.28. The van der Waals surface area contributed by atoms with Crippen LogP contribution < -0.4 is 5.32 Å². The number of nitrogens with one attached hydrogen (secondary N) is 1. The highest BCUT2D eigenvalue weighted by Gasteiger charge is 2.29. The molecule has 1 atom stereocenters. The van der Waals surface area contributed by atoms with Crippen LogP contribution in [0, 0.1) is 12.7 Å². The van der Waals surface area contributed by atoms with E-state index in [9.17, 15) is 9.18 Å². The van der Waals surface area contributed by atoms with E-state index in [2.05, 4.69) is 20.4 Å². The molecule has 1 aromatic carbocycles. The van der Waals surface area contributed by atoms with Gasteiger partial charge in [-0.1, -0.05) is 12.1 Å². The fraction of sp³-hybridized carbons (Fsp3) is 0.381. The fourth-order valence-corrected chi connectivity index (χ4v) is 3.77. The molecule has 0 aliphatic carbocycles. The minimum atomic E-state index is -0.313. The van der Waals surface area contributed by atoms with Crippen molar-refractivity contribution in [3.05, 3.63) is 59.8 Å². The number of aromatic nitrogens is 3. The average Bonchev–Trinajstić information content (AvgIpc) is 3.14. The highest BCUT2D eigenvalue weighted by atomic mass is 19.1. The first kappa shape index (κ1) is 18.6. The molecule has 4 rings (SSSR count). The Bertz CT molecular complexity index is 993. The molecule has 0 spiro atoms. The highest BCUT2D eigenvalue weighted by molar-refractivity contribution is 5.94. The Morgan fingerprint density at radius 3 is 2.75 bits per heavy atom. The summed E-state index contributed by atoms with van der Waals surface area (Å²) in [7, 11) is 0.